The molecule has 0 aliphatic heterocycles. The van der Waals surface area contributed by atoms with Crippen LogP contribution in [-0.2, 0) is 6.42 Å². The molecule has 0 aliphatic rings. The average Bonchev–Trinajstić information content (AvgIpc) is 2.61. The van der Waals surface area contributed by atoms with Crippen LogP contribution in [0.3, 0.4) is 0 Å². The maximum atomic E-state index is 5.98. The number of nitrogens with two attached hydrogens (primary N) is 3. The summed E-state index contributed by atoms with van der Waals surface area (Å²) in [5.41, 5.74) is 12.6. The summed E-state index contributed by atoms with van der Waals surface area (Å²) in [6.45, 7) is 0. The number of hydrogen-bond acceptors (Lipinski definition) is 5. The van der Waals surface area contributed by atoms with E-state index in [1.807, 2.05) is 30.3 Å². The van der Waals surface area contributed by atoms with Crippen molar-refractivity contribution >= 4 is 5.95 Å². The molecule has 0 fully saturated rings. The summed E-state index contributed by atoms with van der Waals surface area (Å²) in [7, 11) is 0. The van der Waals surface area contributed by atoms with Crippen LogP contribution in [0, 0.1) is 0 Å². The van der Waals surface area contributed by atoms with Gasteiger partial charge < -0.3 is 17.3 Å². The number of hydrogen-bond donors (Lipinski definition) is 3. The Balaban J connectivity index is 2.15. The average molecular weight is 218 g/mol. The van der Waals surface area contributed by atoms with Crippen LogP contribution in [-0.4, -0.2) is 14.9 Å². The fourth-order valence-electron chi connectivity index (χ4n) is 1.53. The molecule has 1 heterocycles. The van der Waals surface area contributed by atoms with Crippen molar-refractivity contribution in [3.8, 4) is 0 Å². The molecular formula is C10H14N6. The first-order valence-corrected chi connectivity index (χ1v) is 4.94. The monoisotopic (exact) mass is 218 g/mol. The van der Waals surface area contributed by atoms with Crippen molar-refractivity contribution in [2.45, 2.75) is 12.5 Å². The topological polar surface area (TPSA) is 109 Å². The predicted molar refractivity (Wildman–Crippen MR) is 61.7 cm³/mol. The smallest absolute Gasteiger partial charge is 0.240 e. The van der Waals surface area contributed by atoms with Crippen LogP contribution in [0.5, 0.6) is 0 Å². The highest BCUT2D eigenvalue weighted by atomic mass is 15.4. The van der Waals surface area contributed by atoms with E-state index in [0.717, 1.165) is 5.56 Å². The van der Waals surface area contributed by atoms with Crippen molar-refractivity contribution in [1.82, 2.24) is 14.9 Å². The highest BCUT2D eigenvalue weighted by Crippen LogP contribution is 2.13. The van der Waals surface area contributed by atoms with E-state index in [0.29, 0.717) is 12.2 Å². The van der Waals surface area contributed by atoms with Crippen molar-refractivity contribution in [3.63, 3.8) is 0 Å². The Bertz CT molecular complexity index is 463. The summed E-state index contributed by atoms with van der Waals surface area (Å²) in [5.74, 6) is 6.30. The second-order valence-corrected chi connectivity index (χ2v) is 3.58. The molecule has 1 aromatic carbocycles. The van der Waals surface area contributed by atoms with Gasteiger partial charge in [0.2, 0.25) is 5.95 Å². The van der Waals surface area contributed by atoms with Crippen LogP contribution < -0.4 is 17.3 Å². The van der Waals surface area contributed by atoms with Gasteiger partial charge in [-0.3, -0.25) is 0 Å². The summed E-state index contributed by atoms with van der Waals surface area (Å²) >= 11 is 0. The van der Waals surface area contributed by atoms with Gasteiger partial charge in [-0.1, -0.05) is 30.3 Å². The molecule has 1 aromatic heterocycles. The fourth-order valence-corrected chi connectivity index (χ4v) is 1.53. The third-order valence-corrected chi connectivity index (χ3v) is 2.38. The summed E-state index contributed by atoms with van der Waals surface area (Å²) in [6.07, 6.45) is 0.649. The van der Waals surface area contributed by atoms with Crippen LogP contribution in [0.15, 0.2) is 30.3 Å². The van der Waals surface area contributed by atoms with Gasteiger partial charge in [0.05, 0.1) is 6.04 Å². The summed E-state index contributed by atoms with van der Waals surface area (Å²) in [6, 6.07) is 9.57. The minimum Gasteiger partial charge on any atom is -0.366 e. The Morgan fingerprint density at radius 3 is 2.44 bits per heavy atom. The number of nitrogen functional groups attached to an aromatic ring is 2. The number of anilines is 1. The standard InChI is InChI=1S/C10H14N6/c11-8(6-7-4-2-1-3-5-7)9-14-15-10(12)16(9)13/h1-5,8H,6,11,13H2,(H2,12,15)/t8-/m0/s1. The van der Waals surface area contributed by atoms with Crippen molar-refractivity contribution in [2.75, 3.05) is 11.6 Å². The molecule has 2 aromatic rings. The molecule has 0 bridgehead atoms. The molecule has 1 atom stereocenters. The lowest BCUT2D eigenvalue weighted by Crippen LogP contribution is -2.23. The molecule has 0 saturated carbocycles. The lowest BCUT2D eigenvalue weighted by molar-refractivity contribution is 0.643. The Hall–Kier alpha value is -2.08. The molecule has 0 radical (unpaired) electrons. The first-order chi connectivity index (χ1) is 7.68. The molecule has 6 heteroatoms. The van der Waals surface area contributed by atoms with E-state index in [4.69, 9.17) is 17.3 Å². The van der Waals surface area contributed by atoms with Gasteiger partial charge in [0, 0.05) is 0 Å². The maximum absolute atomic E-state index is 5.98. The van der Waals surface area contributed by atoms with E-state index in [2.05, 4.69) is 10.2 Å². The van der Waals surface area contributed by atoms with E-state index in [1.54, 1.807) is 0 Å². The van der Waals surface area contributed by atoms with Crippen molar-refractivity contribution in [2.24, 2.45) is 5.73 Å². The first kappa shape index (κ1) is 10.4. The van der Waals surface area contributed by atoms with Gasteiger partial charge in [0.1, 0.15) is 0 Å². The van der Waals surface area contributed by atoms with Crippen LogP contribution in [0.4, 0.5) is 5.95 Å². The largest absolute Gasteiger partial charge is 0.366 e. The van der Waals surface area contributed by atoms with Crippen molar-refractivity contribution in [3.05, 3.63) is 41.7 Å². The predicted octanol–water partition coefficient (Wildman–Crippen LogP) is -0.183. The van der Waals surface area contributed by atoms with Gasteiger partial charge in [-0.25, -0.2) is 4.68 Å². The molecule has 0 aliphatic carbocycles. The zero-order valence-electron chi connectivity index (χ0n) is 8.74. The third kappa shape index (κ3) is 1.96. The van der Waals surface area contributed by atoms with Crippen LogP contribution >= 0.6 is 0 Å². The molecule has 0 saturated heterocycles. The molecule has 0 spiro atoms. The van der Waals surface area contributed by atoms with Gasteiger partial charge in [0.25, 0.3) is 0 Å². The highest BCUT2D eigenvalue weighted by Gasteiger charge is 2.15. The van der Waals surface area contributed by atoms with Crippen molar-refractivity contribution < 1.29 is 0 Å². The lowest BCUT2D eigenvalue weighted by atomic mass is 10.1. The van der Waals surface area contributed by atoms with Gasteiger partial charge in [-0.15, -0.1) is 10.2 Å². The second kappa shape index (κ2) is 4.19. The first-order valence-electron chi connectivity index (χ1n) is 4.94. The highest BCUT2D eigenvalue weighted by molar-refractivity contribution is 5.21. The molecule has 16 heavy (non-hydrogen) atoms. The molecule has 2 rings (SSSR count). The number of aromatic nitrogens is 3. The Morgan fingerprint density at radius 1 is 1.19 bits per heavy atom. The molecule has 0 unspecified atom stereocenters. The van der Waals surface area contributed by atoms with Crippen LogP contribution in [0.1, 0.15) is 17.4 Å². The SMILES string of the molecule is Nc1nnc([C@@H](N)Cc2ccccc2)n1N. The summed E-state index contributed by atoms with van der Waals surface area (Å²) in [4.78, 5) is 0. The quantitative estimate of drug-likeness (QED) is 0.619. The molecule has 6 N–H and O–H groups in total. The van der Waals surface area contributed by atoms with Gasteiger partial charge in [-0.2, -0.15) is 0 Å². The van der Waals surface area contributed by atoms with E-state index in [-0.39, 0.29) is 12.0 Å². The van der Waals surface area contributed by atoms with Crippen LogP contribution in [0.25, 0.3) is 0 Å². The summed E-state index contributed by atoms with van der Waals surface area (Å²) in [5, 5.41) is 7.51. The number of nitrogens with zero attached hydrogens (tertiary/aromatic N) is 3. The minimum atomic E-state index is -0.308. The molecular weight excluding hydrogens is 204 g/mol. The molecule has 6 nitrogen and oxygen atoms in total. The summed E-state index contributed by atoms with van der Waals surface area (Å²) < 4.78 is 1.22. The Kier molecular flexibility index (Phi) is 2.74. The van der Waals surface area contributed by atoms with Gasteiger partial charge in [0.15, 0.2) is 5.82 Å². The van der Waals surface area contributed by atoms with Crippen LogP contribution in [0.2, 0.25) is 0 Å². The van der Waals surface area contributed by atoms with E-state index >= 15 is 0 Å². The lowest BCUT2D eigenvalue weighted by Gasteiger charge is -2.10. The van der Waals surface area contributed by atoms with Gasteiger partial charge in [-0.05, 0) is 12.0 Å². The fraction of sp³-hybridized carbons (Fsp3) is 0.200. The van der Waals surface area contributed by atoms with E-state index in [1.165, 1.54) is 4.68 Å². The Labute approximate surface area is 93.0 Å². The van der Waals surface area contributed by atoms with E-state index < -0.39 is 0 Å². The molecule has 84 valence electrons. The zero-order valence-corrected chi connectivity index (χ0v) is 8.74. The zero-order chi connectivity index (χ0) is 11.5. The molecule has 0 amide bonds. The van der Waals surface area contributed by atoms with Gasteiger partial charge >= 0.3 is 0 Å². The number of benzene rings is 1. The second-order valence-electron chi connectivity index (χ2n) is 3.58. The Morgan fingerprint density at radius 2 is 1.88 bits per heavy atom. The number of rotatable bonds is 3. The maximum Gasteiger partial charge on any atom is 0.240 e. The normalized spacial score (nSPS) is 12.6. The third-order valence-electron chi connectivity index (χ3n) is 2.38. The van der Waals surface area contributed by atoms with E-state index in [9.17, 15) is 0 Å². The minimum absolute atomic E-state index is 0.165. The van der Waals surface area contributed by atoms with Crippen molar-refractivity contribution in [1.29, 1.82) is 0 Å².